The fourth-order valence-electron chi connectivity index (χ4n) is 3.86. The number of rotatable bonds is 7. The number of fused-ring (bicyclic) bond motifs is 1. The summed E-state index contributed by atoms with van der Waals surface area (Å²) in [5.74, 6) is 0.917. The molecule has 1 aromatic heterocycles. The van der Waals surface area contributed by atoms with Crippen LogP contribution < -0.4 is 10.3 Å². The molecule has 1 fully saturated rings. The molecule has 0 spiro atoms. The van der Waals surface area contributed by atoms with E-state index in [4.69, 9.17) is 9.47 Å². The zero-order valence-electron chi connectivity index (χ0n) is 17.8. The highest BCUT2D eigenvalue weighted by Gasteiger charge is 2.27. The van der Waals surface area contributed by atoms with Crippen molar-refractivity contribution in [1.29, 1.82) is 0 Å². The van der Waals surface area contributed by atoms with Gasteiger partial charge in [-0.2, -0.15) is 0 Å². The molecule has 1 N–H and O–H groups in total. The molecule has 1 saturated heterocycles. The highest BCUT2D eigenvalue weighted by molar-refractivity contribution is 5.81. The zero-order valence-corrected chi connectivity index (χ0v) is 17.8. The summed E-state index contributed by atoms with van der Waals surface area (Å²) in [5.41, 5.74) is 1.45. The molecule has 162 valence electrons. The Morgan fingerprint density at radius 2 is 2.13 bits per heavy atom. The first-order chi connectivity index (χ1) is 15.0. The molecule has 4 rings (SSSR count). The lowest BCUT2D eigenvalue weighted by Gasteiger charge is -2.28. The van der Waals surface area contributed by atoms with E-state index in [9.17, 15) is 9.59 Å². The lowest BCUT2D eigenvalue weighted by atomic mass is 10.2. The summed E-state index contributed by atoms with van der Waals surface area (Å²) in [5, 5.41) is 0.527. The second-order valence-corrected chi connectivity index (χ2v) is 7.96. The number of benzene rings is 2. The Bertz CT molecular complexity index is 1120. The molecule has 31 heavy (non-hydrogen) atoms. The van der Waals surface area contributed by atoms with Crippen molar-refractivity contribution in [1.82, 2.24) is 14.9 Å². The molecular weight excluding hydrogens is 394 g/mol. The van der Waals surface area contributed by atoms with Crippen LogP contribution in [0.15, 0.2) is 53.3 Å². The number of hydrogen-bond acceptors (Lipinski definition) is 5. The number of carbonyl (C=O) groups is 1. The first-order valence-electron chi connectivity index (χ1n) is 10.6. The summed E-state index contributed by atoms with van der Waals surface area (Å²) >= 11 is 0. The highest BCUT2D eigenvalue weighted by atomic mass is 16.5. The van der Waals surface area contributed by atoms with Gasteiger partial charge in [0.05, 0.1) is 23.6 Å². The fraction of sp³-hybridized carbons (Fsp3) is 0.375. The van der Waals surface area contributed by atoms with Gasteiger partial charge in [-0.1, -0.05) is 24.3 Å². The van der Waals surface area contributed by atoms with Gasteiger partial charge in [-0.3, -0.25) is 9.59 Å². The predicted octanol–water partition coefficient (Wildman–Crippen LogP) is 3.21. The Kier molecular flexibility index (Phi) is 6.32. The predicted molar refractivity (Wildman–Crippen MR) is 118 cm³/mol. The molecule has 3 aromatic rings. The topological polar surface area (TPSA) is 84.5 Å². The third-order valence-electron chi connectivity index (χ3n) is 5.41. The van der Waals surface area contributed by atoms with Gasteiger partial charge in [-0.05, 0) is 56.5 Å². The van der Waals surface area contributed by atoms with Crippen LogP contribution in [0.1, 0.15) is 31.2 Å². The van der Waals surface area contributed by atoms with Gasteiger partial charge < -0.3 is 19.4 Å². The average molecular weight is 421 g/mol. The number of ether oxygens (including phenoxy) is 2. The maximum Gasteiger partial charge on any atom is 0.263 e. The fourth-order valence-corrected chi connectivity index (χ4v) is 3.86. The van der Waals surface area contributed by atoms with E-state index in [1.165, 1.54) is 0 Å². The van der Waals surface area contributed by atoms with Crippen molar-refractivity contribution >= 4 is 16.8 Å². The molecule has 2 aromatic carbocycles. The number of nitrogens with one attached hydrogen (secondary N) is 1. The molecule has 2 atom stereocenters. The maximum atomic E-state index is 13.3. The minimum absolute atomic E-state index is 0.0256. The average Bonchev–Trinajstić information content (AvgIpc) is 3.26. The number of para-hydroxylation sites is 1. The van der Waals surface area contributed by atoms with Crippen molar-refractivity contribution in [3.63, 3.8) is 0 Å². The number of nitrogens with zero attached hydrogens (tertiary/aromatic N) is 2. The Labute approximate surface area is 181 Å². The number of amides is 1. The molecule has 1 aliphatic rings. The van der Waals surface area contributed by atoms with E-state index in [1.807, 2.05) is 37.3 Å². The van der Waals surface area contributed by atoms with Gasteiger partial charge in [0.2, 0.25) is 0 Å². The number of aromatic nitrogens is 2. The quantitative estimate of drug-likeness (QED) is 0.633. The number of carbonyl (C=O) groups excluding carboxylic acids is 1. The van der Waals surface area contributed by atoms with Crippen LogP contribution in [-0.4, -0.2) is 46.1 Å². The van der Waals surface area contributed by atoms with Crippen molar-refractivity contribution in [2.75, 3.05) is 13.2 Å². The second kappa shape index (κ2) is 9.31. The second-order valence-electron chi connectivity index (χ2n) is 7.96. The number of H-pyrrole nitrogens is 1. The van der Waals surface area contributed by atoms with Crippen LogP contribution in [0.5, 0.6) is 5.75 Å². The number of hydrogen-bond donors (Lipinski definition) is 1. The summed E-state index contributed by atoms with van der Waals surface area (Å²) in [7, 11) is 0. The minimum Gasteiger partial charge on any atom is -0.481 e. The van der Waals surface area contributed by atoms with E-state index >= 15 is 0 Å². The van der Waals surface area contributed by atoms with Crippen molar-refractivity contribution in [2.24, 2.45) is 0 Å². The third-order valence-corrected chi connectivity index (χ3v) is 5.41. The lowest BCUT2D eigenvalue weighted by Crippen LogP contribution is -2.44. The van der Waals surface area contributed by atoms with E-state index in [0.717, 1.165) is 18.4 Å². The lowest BCUT2D eigenvalue weighted by molar-refractivity contribution is -0.140. The molecular formula is C24H27N3O4. The van der Waals surface area contributed by atoms with Gasteiger partial charge in [0, 0.05) is 13.2 Å². The summed E-state index contributed by atoms with van der Waals surface area (Å²) in [4.78, 5) is 34.8. The molecule has 1 aliphatic heterocycles. The zero-order chi connectivity index (χ0) is 21.8. The summed E-state index contributed by atoms with van der Waals surface area (Å²) in [6, 6.07) is 14.8. The van der Waals surface area contributed by atoms with Crippen LogP contribution in [-0.2, 0) is 16.1 Å². The van der Waals surface area contributed by atoms with E-state index in [0.29, 0.717) is 35.6 Å². The van der Waals surface area contributed by atoms with Gasteiger partial charge in [0.1, 0.15) is 11.6 Å². The van der Waals surface area contributed by atoms with Crippen molar-refractivity contribution in [2.45, 2.75) is 45.4 Å². The molecule has 2 heterocycles. The van der Waals surface area contributed by atoms with Gasteiger partial charge in [-0.15, -0.1) is 0 Å². The van der Waals surface area contributed by atoms with Gasteiger partial charge in [0.15, 0.2) is 6.10 Å². The van der Waals surface area contributed by atoms with E-state index < -0.39 is 6.10 Å². The van der Waals surface area contributed by atoms with E-state index in [1.54, 1.807) is 30.0 Å². The van der Waals surface area contributed by atoms with Crippen LogP contribution in [0.2, 0.25) is 0 Å². The van der Waals surface area contributed by atoms with Gasteiger partial charge in [-0.25, -0.2) is 4.98 Å². The summed E-state index contributed by atoms with van der Waals surface area (Å²) in [6.45, 7) is 5.03. The number of aromatic amines is 1. The third kappa shape index (κ3) is 5.11. The number of aryl methyl sites for hydroxylation is 1. The van der Waals surface area contributed by atoms with Gasteiger partial charge >= 0.3 is 0 Å². The van der Waals surface area contributed by atoms with Crippen LogP contribution >= 0.6 is 0 Å². The maximum absolute atomic E-state index is 13.3. The molecule has 0 aliphatic carbocycles. The van der Waals surface area contributed by atoms with Crippen molar-refractivity contribution < 1.29 is 14.3 Å². The molecule has 7 nitrogen and oxygen atoms in total. The van der Waals surface area contributed by atoms with Crippen LogP contribution in [0.4, 0.5) is 0 Å². The van der Waals surface area contributed by atoms with E-state index in [-0.39, 0.29) is 24.1 Å². The minimum atomic E-state index is -0.685. The standard InChI is InChI=1S/C24H27N3O4/c1-16-7-5-8-18(13-16)31-17(2)24(29)27(14-19-9-6-12-30-19)15-22-25-21-11-4-3-10-20(21)23(28)26-22/h3-5,7-8,10-11,13,17,19H,6,9,12,14-15H2,1-2H3,(H,25,26,28)/t17-,19-/m0/s1. The van der Waals surface area contributed by atoms with Crippen LogP contribution in [0.3, 0.4) is 0 Å². The van der Waals surface area contributed by atoms with Crippen LogP contribution in [0, 0.1) is 6.92 Å². The summed E-state index contributed by atoms with van der Waals surface area (Å²) < 4.78 is 11.7. The van der Waals surface area contributed by atoms with Gasteiger partial charge in [0.25, 0.3) is 11.5 Å². The molecule has 1 amide bonds. The highest BCUT2D eigenvalue weighted by Crippen LogP contribution is 2.18. The first-order valence-corrected chi connectivity index (χ1v) is 10.6. The van der Waals surface area contributed by atoms with Crippen LogP contribution in [0.25, 0.3) is 10.9 Å². The first kappa shape index (κ1) is 21.1. The largest absolute Gasteiger partial charge is 0.481 e. The smallest absolute Gasteiger partial charge is 0.263 e. The molecule has 0 radical (unpaired) electrons. The SMILES string of the molecule is Cc1cccc(O[C@@H](C)C(=O)N(Cc2nc3ccccc3c(=O)[nH]2)C[C@@H]2CCCO2)c1. The normalized spacial score (nSPS) is 16.9. The molecule has 0 unspecified atom stereocenters. The Morgan fingerprint density at radius 3 is 2.90 bits per heavy atom. The Balaban J connectivity index is 1.56. The molecule has 0 bridgehead atoms. The Hall–Kier alpha value is -3.19. The van der Waals surface area contributed by atoms with E-state index in [2.05, 4.69) is 9.97 Å². The molecule has 0 saturated carbocycles. The van der Waals surface area contributed by atoms with Crippen molar-refractivity contribution in [3.8, 4) is 5.75 Å². The monoisotopic (exact) mass is 421 g/mol. The van der Waals surface area contributed by atoms with Crippen molar-refractivity contribution in [3.05, 3.63) is 70.3 Å². The molecule has 7 heteroatoms. The summed E-state index contributed by atoms with van der Waals surface area (Å²) in [6.07, 6.45) is 1.17. The Morgan fingerprint density at radius 1 is 1.29 bits per heavy atom.